The maximum atomic E-state index is 10.2. The van der Waals surface area contributed by atoms with E-state index in [9.17, 15) is 9.59 Å². The largest absolute Gasteiger partial charge is 0.460 e. The van der Waals surface area contributed by atoms with Crippen molar-refractivity contribution in [3.05, 3.63) is 23.7 Å². The molecule has 0 aliphatic rings. The molecule has 108 valence electrons. The van der Waals surface area contributed by atoms with Crippen LogP contribution in [-0.4, -0.2) is 37.8 Å². The third-order valence-corrected chi connectivity index (χ3v) is 2.43. The van der Waals surface area contributed by atoms with E-state index in [1.165, 1.54) is 0 Å². The average molecular weight is 278 g/mol. The number of furan rings is 1. The highest BCUT2D eigenvalue weighted by Crippen LogP contribution is 2.06. The van der Waals surface area contributed by atoms with Gasteiger partial charge in [-0.25, -0.2) is 0 Å². The van der Waals surface area contributed by atoms with Gasteiger partial charge in [0.05, 0.1) is 19.3 Å². The van der Waals surface area contributed by atoms with Crippen molar-refractivity contribution in [2.45, 2.75) is 26.4 Å². The lowest BCUT2D eigenvalue weighted by molar-refractivity contribution is -0.130. The Balaban J connectivity index is 2.28. The Morgan fingerprint density at radius 1 is 1.35 bits per heavy atom. The molecule has 1 aromatic rings. The van der Waals surface area contributed by atoms with E-state index in [1.807, 2.05) is 6.92 Å². The Hall–Kier alpha value is -2.24. The van der Waals surface area contributed by atoms with E-state index < -0.39 is 0 Å². The Morgan fingerprint density at radius 2 is 2.20 bits per heavy atom. The zero-order chi connectivity index (χ0) is 14.6. The molecule has 0 spiro atoms. The van der Waals surface area contributed by atoms with Crippen molar-refractivity contribution in [3.8, 4) is 0 Å². The minimum Gasteiger partial charge on any atom is -0.460 e. The highest BCUT2D eigenvalue weighted by Gasteiger charge is 1.99. The zero-order valence-electron chi connectivity index (χ0n) is 11.4. The Kier molecular flexibility index (Phi) is 7.64. The number of ether oxygens (including phenoxy) is 1. The van der Waals surface area contributed by atoms with Crippen molar-refractivity contribution in [3.63, 3.8) is 0 Å². The minimum atomic E-state index is 0.123. The number of aldehydes is 1. The number of carbonyl (C=O) groups is 2. The monoisotopic (exact) mass is 278 g/mol. The highest BCUT2D eigenvalue weighted by molar-refractivity contribution is 5.83. The van der Waals surface area contributed by atoms with Gasteiger partial charge >= 0.3 is 0 Å². The number of carbonyl (C=O) groups excluding carboxylic acids is 2. The van der Waals surface area contributed by atoms with Crippen molar-refractivity contribution in [2.75, 3.05) is 13.1 Å². The fraction of sp³-hybridized carbons (Fsp3) is 0.429. The third kappa shape index (κ3) is 6.63. The first-order valence-corrected chi connectivity index (χ1v) is 6.33. The molecule has 0 unspecified atom stereocenters. The van der Waals surface area contributed by atoms with E-state index in [1.54, 1.807) is 18.3 Å². The van der Waals surface area contributed by atoms with Crippen LogP contribution in [0.2, 0.25) is 0 Å². The molecule has 0 N–H and O–H groups in total. The number of hydrogen-bond acceptors (Lipinski definition) is 6. The molecule has 20 heavy (non-hydrogen) atoms. The second kappa shape index (κ2) is 9.66. The summed E-state index contributed by atoms with van der Waals surface area (Å²) in [7, 11) is 0. The predicted molar refractivity (Wildman–Crippen MR) is 75.3 cm³/mol. The molecule has 0 amide bonds. The summed E-state index contributed by atoms with van der Waals surface area (Å²) >= 11 is 0. The normalized spacial score (nSPS) is 11.8. The lowest BCUT2D eigenvalue weighted by atomic mass is 10.2. The maximum Gasteiger partial charge on any atom is 0.293 e. The highest BCUT2D eigenvalue weighted by atomic mass is 16.5. The van der Waals surface area contributed by atoms with Gasteiger partial charge in [0, 0.05) is 12.1 Å². The lowest BCUT2D eigenvalue weighted by Crippen LogP contribution is -1.96. The smallest absolute Gasteiger partial charge is 0.293 e. The number of aliphatic imine (C=N–C) groups is 2. The van der Waals surface area contributed by atoms with Gasteiger partial charge < -0.3 is 13.9 Å². The first kappa shape index (κ1) is 15.8. The molecule has 1 aromatic heterocycles. The van der Waals surface area contributed by atoms with Gasteiger partial charge in [-0.1, -0.05) is 0 Å². The van der Waals surface area contributed by atoms with Gasteiger partial charge in [-0.2, -0.15) is 0 Å². The molecule has 0 bridgehead atoms. The molecular weight excluding hydrogens is 260 g/mol. The predicted octanol–water partition coefficient (Wildman–Crippen LogP) is 1.81. The van der Waals surface area contributed by atoms with E-state index in [-0.39, 0.29) is 6.61 Å². The van der Waals surface area contributed by atoms with E-state index >= 15 is 0 Å². The van der Waals surface area contributed by atoms with Crippen molar-refractivity contribution < 1.29 is 18.7 Å². The average Bonchev–Trinajstić information content (AvgIpc) is 2.90. The maximum absolute atomic E-state index is 10.2. The van der Waals surface area contributed by atoms with E-state index in [0.29, 0.717) is 43.9 Å². The van der Waals surface area contributed by atoms with Crippen LogP contribution >= 0.6 is 0 Å². The third-order valence-electron chi connectivity index (χ3n) is 2.43. The van der Waals surface area contributed by atoms with Gasteiger partial charge in [0.25, 0.3) is 6.47 Å². The standard InChI is InChI=1S/C14H18N2O4/c1-12(3-2-8-17)16-7-6-15-9-13-4-5-14(20-13)10-19-11-18/h4-5,8-9,11H,2-3,6-7,10H2,1H3/b15-9+,16-12-. The van der Waals surface area contributed by atoms with Crippen molar-refractivity contribution in [1.29, 1.82) is 0 Å². The first-order valence-electron chi connectivity index (χ1n) is 6.33. The second-order valence-corrected chi connectivity index (χ2v) is 4.07. The Labute approximate surface area is 117 Å². The molecule has 6 heteroatoms. The number of nitrogens with zero attached hydrogens (tertiary/aromatic N) is 2. The van der Waals surface area contributed by atoms with Crippen LogP contribution in [-0.2, 0) is 20.9 Å². The van der Waals surface area contributed by atoms with E-state index in [0.717, 1.165) is 12.0 Å². The van der Waals surface area contributed by atoms with Crippen LogP contribution in [0.3, 0.4) is 0 Å². The molecule has 1 heterocycles. The summed E-state index contributed by atoms with van der Waals surface area (Å²) in [6.07, 6.45) is 3.71. The van der Waals surface area contributed by atoms with E-state index in [2.05, 4.69) is 14.7 Å². The van der Waals surface area contributed by atoms with E-state index in [4.69, 9.17) is 4.42 Å². The molecule has 0 fully saturated rings. The number of hydrogen-bond donors (Lipinski definition) is 0. The fourth-order valence-corrected chi connectivity index (χ4v) is 1.46. The molecule has 0 atom stereocenters. The summed E-state index contributed by atoms with van der Waals surface area (Å²) in [6, 6.07) is 3.48. The van der Waals surface area contributed by atoms with Crippen LogP contribution < -0.4 is 0 Å². The molecule has 0 radical (unpaired) electrons. The van der Waals surface area contributed by atoms with Crippen molar-refractivity contribution in [2.24, 2.45) is 9.98 Å². The van der Waals surface area contributed by atoms with Gasteiger partial charge in [-0.15, -0.1) is 0 Å². The van der Waals surface area contributed by atoms with Crippen LogP contribution in [0.1, 0.15) is 31.3 Å². The quantitative estimate of drug-likeness (QED) is 0.371. The van der Waals surface area contributed by atoms with Gasteiger partial charge in [0.15, 0.2) is 0 Å². The SMILES string of the molecule is C/C(CCC=O)=N/CC/N=C/c1ccc(COC=O)o1. The van der Waals surface area contributed by atoms with Gasteiger partial charge in [0.1, 0.15) is 24.4 Å². The lowest BCUT2D eigenvalue weighted by Gasteiger charge is -1.95. The van der Waals surface area contributed by atoms with Crippen LogP contribution in [0.5, 0.6) is 0 Å². The number of rotatable bonds is 10. The summed E-state index contributed by atoms with van der Waals surface area (Å²) in [5.41, 5.74) is 0.957. The van der Waals surface area contributed by atoms with Gasteiger partial charge in [0.2, 0.25) is 0 Å². The van der Waals surface area contributed by atoms with Gasteiger partial charge in [-0.3, -0.25) is 14.8 Å². The molecular formula is C14H18N2O4. The van der Waals surface area contributed by atoms with Crippen LogP contribution in [0.15, 0.2) is 26.5 Å². The molecule has 0 aliphatic carbocycles. The Bertz CT molecular complexity index is 477. The molecule has 0 aromatic carbocycles. The van der Waals surface area contributed by atoms with Crippen LogP contribution in [0, 0.1) is 0 Å². The minimum absolute atomic E-state index is 0.123. The second-order valence-electron chi connectivity index (χ2n) is 4.07. The van der Waals surface area contributed by atoms with Crippen LogP contribution in [0.25, 0.3) is 0 Å². The summed E-state index contributed by atoms with van der Waals surface area (Å²) < 4.78 is 9.93. The summed E-state index contributed by atoms with van der Waals surface area (Å²) in [5.74, 6) is 1.18. The van der Waals surface area contributed by atoms with Gasteiger partial charge in [-0.05, 0) is 25.5 Å². The first-order chi connectivity index (χ1) is 9.76. The molecule has 0 saturated heterocycles. The fourth-order valence-electron chi connectivity index (χ4n) is 1.46. The molecule has 1 rings (SSSR count). The summed E-state index contributed by atoms with van der Waals surface area (Å²) in [6.45, 7) is 3.54. The summed E-state index contributed by atoms with van der Waals surface area (Å²) in [5, 5.41) is 0. The van der Waals surface area contributed by atoms with Crippen LogP contribution in [0.4, 0.5) is 0 Å². The van der Waals surface area contributed by atoms with Crippen molar-refractivity contribution in [1.82, 2.24) is 0 Å². The topological polar surface area (TPSA) is 81.2 Å². The molecule has 0 saturated carbocycles. The molecule has 6 nitrogen and oxygen atoms in total. The zero-order valence-corrected chi connectivity index (χ0v) is 11.4. The van der Waals surface area contributed by atoms with Crippen molar-refractivity contribution >= 4 is 24.7 Å². The Morgan fingerprint density at radius 3 is 2.95 bits per heavy atom. The molecule has 0 aliphatic heterocycles. The summed E-state index contributed by atoms with van der Waals surface area (Å²) in [4.78, 5) is 28.7.